The van der Waals surface area contributed by atoms with Gasteiger partial charge in [0.05, 0.1) is 25.5 Å². The number of sulfone groups is 1. The molecule has 0 radical (unpaired) electrons. The van der Waals surface area contributed by atoms with Crippen molar-refractivity contribution in [2.24, 2.45) is 4.99 Å². The highest BCUT2D eigenvalue weighted by Gasteiger charge is 2.30. The van der Waals surface area contributed by atoms with Crippen LogP contribution in [0.15, 0.2) is 4.99 Å². The molecule has 2 saturated heterocycles. The first-order chi connectivity index (χ1) is 11.1. The summed E-state index contributed by atoms with van der Waals surface area (Å²) in [6.45, 7) is 10.4. The highest BCUT2D eigenvalue weighted by atomic mass is 127. The van der Waals surface area contributed by atoms with E-state index in [9.17, 15) is 8.42 Å². The Morgan fingerprint density at radius 3 is 2.58 bits per heavy atom. The number of ether oxygens (including phenoxy) is 1. The fourth-order valence-electron chi connectivity index (χ4n) is 3.04. The van der Waals surface area contributed by atoms with Gasteiger partial charge in [-0.3, -0.25) is 9.89 Å². The number of morpholine rings is 1. The van der Waals surface area contributed by atoms with Crippen molar-refractivity contribution in [1.29, 1.82) is 0 Å². The van der Waals surface area contributed by atoms with Crippen LogP contribution in [0.2, 0.25) is 0 Å². The standard InChI is InChI=1S/C15H30N4O3S.HI/c1-3-16-15(17-6-12-23(20,21)4-2)19-7-5-14(13-19)18-8-10-22-11-9-18;/h14H,3-13H2,1-2H3,(H,16,17);1H. The Bertz CT molecular complexity index is 495. The van der Waals surface area contributed by atoms with Gasteiger partial charge >= 0.3 is 0 Å². The average Bonchev–Trinajstić information content (AvgIpc) is 3.05. The van der Waals surface area contributed by atoms with E-state index in [1.165, 1.54) is 0 Å². The summed E-state index contributed by atoms with van der Waals surface area (Å²) in [5, 5.41) is 3.29. The van der Waals surface area contributed by atoms with Crippen molar-refractivity contribution in [3.8, 4) is 0 Å². The zero-order chi connectivity index (χ0) is 16.7. The van der Waals surface area contributed by atoms with Crippen LogP contribution in [0.4, 0.5) is 0 Å². The summed E-state index contributed by atoms with van der Waals surface area (Å²) in [5.74, 6) is 1.15. The Hall–Kier alpha value is -0.130. The number of hydrogen-bond donors (Lipinski definition) is 1. The van der Waals surface area contributed by atoms with Crippen LogP contribution in [-0.4, -0.2) is 94.2 Å². The van der Waals surface area contributed by atoms with Crippen LogP contribution < -0.4 is 5.32 Å². The summed E-state index contributed by atoms with van der Waals surface area (Å²) in [4.78, 5) is 9.26. The predicted octanol–water partition coefficient (Wildman–Crippen LogP) is 0.411. The molecule has 9 heteroatoms. The summed E-state index contributed by atoms with van der Waals surface area (Å²) >= 11 is 0. The van der Waals surface area contributed by atoms with Gasteiger partial charge in [0, 0.05) is 44.5 Å². The minimum Gasteiger partial charge on any atom is -0.379 e. The normalized spacial score (nSPS) is 23.2. The molecule has 0 saturated carbocycles. The molecular weight excluding hydrogens is 443 g/mol. The van der Waals surface area contributed by atoms with E-state index >= 15 is 0 Å². The van der Waals surface area contributed by atoms with Crippen molar-refractivity contribution in [1.82, 2.24) is 15.1 Å². The minimum absolute atomic E-state index is 0. The van der Waals surface area contributed by atoms with Crippen LogP contribution >= 0.6 is 24.0 Å². The van der Waals surface area contributed by atoms with Crippen LogP contribution in [-0.2, 0) is 14.6 Å². The van der Waals surface area contributed by atoms with Gasteiger partial charge in [-0.1, -0.05) is 6.92 Å². The molecule has 2 aliphatic heterocycles. The number of halogens is 1. The summed E-state index contributed by atoms with van der Waals surface area (Å²) in [5.41, 5.74) is 0. The molecule has 0 spiro atoms. The van der Waals surface area contributed by atoms with Crippen LogP contribution in [0.5, 0.6) is 0 Å². The lowest BCUT2D eigenvalue weighted by Crippen LogP contribution is -2.46. The third kappa shape index (κ3) is 6.64. The molecule has 2 rings (SSSR count). The lowest BCUT2D eigenvalue weighted by Gasteiger charge is -2.32. The summed E-state index contributed by atoms with van der Waals surface area (Å²) in [6.07, 6.45) is 1.12. The molecule has 1 N–H and O–H groups in total. The maximum atomic E-state index is 11.6. The Labute approximate surface area is 163 Å². The van der Waals surface area contributed by atoms with Crippen molar-refractivity contribution in [2.75, 3.05) is 64.0 Å². The number of aliphatic imine (C=N–C) groups is 1. The lowest BCUT2D eigenvalue weighted by molar-refractivity contribution is 0.0195. The molecule has 2 aliphatic rings. The number of nitrogens with zero attached hydrogens (tertiary/aromatic N) is 3. The molecule has 142 valence electrons. The van der Waals surface area contributed by atoms with Crippen molar-refractivity contribution in [3.05, 3.63) is 0 Å². The van der Waals surface area contributed by atoms with Gasteiger partial charge in [0.2, 0.25) is 0 Å². The maximum absolute atomic E-state index is 11.6. The quantitative estimate of drug-likeness (QED) is 0.342. The zero-order valence-corrected chi connectivity index (χ0v) is 17.9. The monoisotopic (exact) mass is 474 g/mol. The van der Waals surface area contributed by atoms with Crippen LogP contribution in [0.25, 0.3) is 0 Å². The summed E-state index contributed by atoms with van der Waals surface area (Å²) in [6, 6.07) is 0.544. The molecular formula is C15H31IN4O3S. The van der Waals surface area contributed by atoms with Crippen LogP contribution in [0.3, 0.4) is 0 Å². The molecule has 2 heterocycles. The smallest absolute Gasteiger partial charge is 0.193 e. The molecule has 0 amide bonds. The largest absolute Gasteiger partial charge is 0.379 e. The number of nitrogens with one attached hydrogen (secondary N) is 1. The predicted molar refractivity (Wildman–Crippen MR) is 108 cm³/mol. The van der Waals surface area contributed by atoms with Gasteiger partial charge in [-0.2, -0.15) is 0 Å². The minimum atomic E-state index is -2.96. The molecule has 1 atom stereocenters. The second-order valence-electron chi connectivity index (χ2n) is 6.01. The maximum Gasteiger partial charge on any atom is 0.193 e. The molecule has 1 unspecified atom stereocenters. The topological polar surface area (TPSA) is 74.2 Å². The SMILES string of the molecule is CCNC(=NCCS(=O)(=O)CC)N1CCC(N2CCOCC2)C1.I. The van der Waals surface area contributed by atoms with Crippen molar-refractivity contribution < 1.29 is 13.2 Å². The third-order valence-corrected chi connectivity index (χ3v) is 6.15. The van der Waals surface area contributed by atoms with Gasteiger partial charge in [-0.15, -0.1) is 24.0 Å². The van der Waals surface area contributed by atoms with Crippen molar-refractivity contribution >= 4 is 39.8 Å². The Kier molecular flexibility index (Phi) is 9.83. The Balaban J connectivity index is 0.00000288. The second-order valence-corrected chi connectivity index (χ2v) is 8.48. The number of hydrogen-bond acceptors (Lipinski definition) is 5. The first-order valence-electron chi connectivity index (χ1n) is 8.61. The lowest BCUT2D eigenvalue weighted by atomic mass is 10.2. The van der Waals surface area contributed by atoms with E-state index < -0.39 is 9.84 Å². The van der Waals surface area contributed by atoms with E-state index in [2.05, 4.69) is 20.1 Å². The molecule has 0 aromatic carbocycles. The van der Waals surface area contributed by atoms with E-state index in [0.717, 1.165) is 58.3 Å². The molecule has 0 aromatic heterocycles. The molecule has 0 aromatic rings. The zero-order valence-electron chi connectivity index (χ0n) is 14.7. The van der Waals surface area contributed by atoms with Crippen LogP contribution in [0.1, 0.15) is 20.3 Å². The average molecular weight is 474 g/mol. The van der Waals surface area contributed by atoms with E-state index in [1.54, 1.807) is 6.92 Å². The summed E-state index contributed by atoms with van der Waals surface area (Å²) < 4.78 is 28.6. The fraction of sp³-hybridized carbons (Fsp3) is 0.933. The van der Waals surface area contributed by atoms with E-state index in [-0.39, 0.29) is 35.5 Å². The van der Waals surface area contributed by atoms with Crippen LogP contribution in [0, 0.1) is 0 Å². The van der Waals surface area contributed by atoms with Gasteiger partial charge in [0.15, 0.2) is 15.8 Å². The third-order valence-electron chi connectivity index (χ3n) is 4.46. The van der Waals surface area contributed by atoms with E-state index in [4.69, 9.17) is 4.74 Å². The number of likely N-dealkylation sites (tertiary alicyclic amines) is 1. The number of guanidine groups is 1. The Morgan fingerprint density at radius 1 is 1.25 bits per heavy atom. The molecule has 2 fully saturated rings. The molecule has 0 bridgehead atoms. The molecule has 7 nitrogen and oxygen atoms in total. The Morgan fingerprint density at radius 2 is 1.96 bits per heavy atom. The van der Waals surface area contributed by atoms with Gasteiger partial charge in [0.25, 0.3) is 0 Å². The first-order valence-corrected chi connectivity index (χ1v) is 10.4. The highest BCUT2D eigenvalue weighted by Crippen LogP contribution is 2.17. The number of rotatable bonds is 6. The van der Waals surface area contributed by atoms with E-state index in [0.29, 0.717) is 12.6 Å². The van der Waals surface area contributed by atoms with Gasteiger partial charge in [-0.25, -0.2) is 8.42 Å². The fourth-order valence-corrected chi connectivity index (χ4v) is 3.69. The molecule has 0 aliphatic carbocycles. The van der Waals surface area contributed by atoms with Crippen molar-refractivity contribution in [3.63, 3.8) is 0 Å². The second kappa shape index (κ2) is 10.8. The highest BCUT2D eigenvalue weighted by molar-refractivity contribution is 14.0. The summed E-state index contributed by atoms with van der Waals surface area (Å²) in [7, 11) is -2.96. The van der Waals surface area contributed by atoms with E-state index in [1.807, 2.05) is 6.92 Å². The van der Waals surface area contributed by atoms with Gasteiger partial charge < -0.3 is 15.0 Å². The molecule has 24 heavy (non-hydrogen) atoms. The van der Waals surface area contributed by atoms with Crippen molar-refractivity contribution in [2.45, 2.75) is 26.3 Å². The van der Waals surface area contributed by atoms with Gasteiger partial charge in [0.1, 0.15) is 0 Å². The van der Waals surface area contributed by atoms with Gasteiger partial charge in [-0.05, 0) is 13.3 Å². The first kappa shape index (κ1) is 21.9.